The van der Waals surface area contributed by atoms with Crippen LogP contribution in [0.1, 0.15) is 5.82 Å². The molecule has 0 aliphatic rings. The molecule has 0 aliphatic heterocycles. The summed E-state index contributed by atoms with van der Waals surface area (Å²) in [6, 6.07) is 1.77. The van der Waals surface area contributed by atoms with Crippen LogP contribution in [0, 0.1) is 6.92 Å². The minimum atomic E-state index is -0.00986. The molecule has 2 rings (SSSR count). The molecular weight excluding hydrogens is 179 g/mol. The van der Waals surface area contributed by atoms with Crippen molar-refractivity contribution in [2.45, 2.75) is 6.92 Å². The lowest BCUT2D eigenvalue weighted by atomic mass is 9.93. The van der Waals surface area contributed by atoms with Gasteiger partial charge in [-0.1, -0.05) is 0 Å². The Kier molecular flexibility index (Phi) is 2.28. The van der Waals surface area contributed by atoms with Gasteiger partial charge in [-0.2, -0.15) is 5.10 Å². The predicted molar refractivity (Wildman–Crippen MR) is 52.9 cm³/mol. The summed E-state index contributed by atoms with van der Waals surface area (Å²) in [6.07, 6.45) is 5.02. The number of rotatable bonds is 2. The summed E-state index contributed by atoms with van der Waals surface area (Å²) in [5, 5.41) is 12.9. The molecular formula is C8H9BN4O. The standard InChI is InChI=1S/C8H9BN4O/c1-6-10-3-2-8(12-6)13-5-7(9-14)4-11-13/h2-5,9,14H,1H3. The van der Waals surface area contributed by atoms with Crippen LogP contribution >= 0.6 is 0 Å². The van der Waals surface area contributed by atoms with E-state index in [4.69, 9.17) is 5.02 Å². The average molecular weight is 188 g/mol. The highest BCUT2D eigenvalue weighted by molar-refractivity contribution is 6.45. The quantitative estimate of drug-likeness (QED) is 0.610. The minimum Gasteiger partial charge on any atom is -0.449 e. The Morgan fingerprint density at radius 1 is 1.50 bits per heavy atom. The van der Waals surface area contributed by atoms with E-state index in [-0.39, 0.29) is 7.48 Å². The molecule has 0 aromatic carbocycles. The molecule has 0 unspecified atom stereocenters. The van der Waals surface area contributed by atoms with Crippen LogP contribution in [0.15, 0.2) is 24.7 Å². The van der Waals surface area contributed by atoms with Gasteiger partial charge < -0.3 is 5.02 Å². The van der Waals surface area contributed by atoms with Crippen LogP contribution in [0.25, 0.3) is 5.82 Å². The Hall–Kier alpha value is -1.69. The van der Waals surface area contributed by atoms with Gasteiger partial charge in [0.1, 0.15) is 5.82 Å². The second-order valence-electron chi connectivity index (χ2n) is 2.91. The van der Waals surface area contributed by atoms with Crippen molar-refractivity contribution in [3.8, 4) is 5.82 Å². The summed E-state index contributed by atoms with van der Waals surface area (Å²) in [4.78, 5) is 8.19. The van der Waals surface area contributed by atoms with Gasteiger partial charge in [-0.3, -0.25) is 0 Å². The number of aryl methyl sites for hydroxylation is 1. The summed E-state index contributed by atoms with van der Waals surface area (Å²) in [7, 11) is -0.00986. The molecule has 0 amide bonds. The first-order valence-corrected chi connectivity index (χ1v) is 4.24. The molecule has 0 saturated carbocycles. The zero-order chi connectivity index (χ0) is 9.97. The van der Waals surface area contributed by atoms with Gasteiger partial charge in [0, 0.05) is 24.7 Å². The molecule has 0 bridgehead atoms. The summed E-state index contributed by atoms with van der Waals surface area (Å²) in [5.41, 5.74) is 0.765. The van der Waals surface area contributed by atoms with Gasteiger partial charge in [0.15, 0.2) is 5.82 Å². The van der Waals surface area contributed by atoms with Crippen molar-refractivity contribution < 1.29 is 5.02 Å². The molecule has 2 heterocycles. The van der Waals surface area contributed by atoms with E-state index in [0.717, 1.165) is 5.46 Å². The Bertz CT molecular complexity index is 442. The van der Waals surface area contributed by atoms with Crippen molar-refractivity contribution in [3.63, 3.8) is 0 Å². The number of nitrogens with zero attached hydrogens (tertiary/aromatic N) is 4. The fourth-order valence-corrected chi connectivity index (χ4v) is 1.14. The first-order valence-electron chi connectivity index (χ1n) is 4.24. The Balaban J connectivity index is 2.39. The fraction of sp³-hybridized carbons (Fsp3) is 0.125. The fourth-order valence-electron chi connectivity index (χ4n) is 1.14. The Labute approximate surface area is 81.7 Å². The van der Waals surface area contributed by atoms with Crippen molar-refractivity contribution in [2.24, 2.45) is 0 Å². The van der Waals surface area contributed by atoms with Crippen LogP contribution in [-0.4, -0.2) is 32.3 Å². The summed E-state index contributed by atoms with van der Waals surface area (Å²) in [5.74, 6) is 1.40. The summed E-state index contributed by atoms with van der Waals surface area (Å²) in [6.45, 7) is 1.82. The molecule has 0 atom stereocenters. The molecule has 0 aliphatic carbocycles. The van der Waals surface area contributed by atoms with Crippen LogP contribution in [0.3, 0.4) is 0 Å². The predicted octanol–water partition coefficient (Wildman–Crippen LogP) is -1.06. The highest BCUT2D eigenvalue weighted by Crippen LogP contribution is 1.99. The van der Waals surface area contributed by atoms with Gasteiger partial charge in [0.2, 0.25) is 0 Å². The minimum absolute atomic E-state index is 0.00986. The third-order valence-corrected chi connectivity index (χ3v) is 1.81. The lowest BCUT2D eigenvalue weighted by Gasteiger charge is -1.99. The Morgan fingerprint density at radius 2 is 2.36 bits per heavy atom. The molecule has 0 spiro atoms. The first-order chi connectivity index (χ1) is 6.79. The smallest absolute Gasteiger partial charge is 0.307 e. The lowest BCUT2D eigenvalue weighted by Crippen LogP contribution is -2.10. The van der Waals surface area contributed by atoms with Crippen LogP contribution < -0.4 is 5.46 Å². The number of aromatic nitrogens is 4. The third kappa shape index (κ3) is 1.65. The van der Waals surface area contributed by atoms with E-state index in [2.05, 4.69) is 15.1 Å². The largest absolute Gasteiger partial charge is 0.449 e. The highest BCUT2D eigenvalue weighted by Gasteiger charge is 2.02. The zero-order valence-corrected chi connectivity index (χ0v) is 7.75. The zero-order valence-electron chi connectivity index (χ0n) is 7.75. The second kappa shape index (κ2) is 3.59. The van der Waals surface area contributed by atoms with Crippen LogP contribution in [-0.2, 0) is 0 Å². The molecule has 1 N–H and O–H groups in total. The first kappa shape index (κ1) is 8.89. The maximum atomic E-state index is 8.87. The molecule has 5 nitrogen and oxygen atoms in total. The van der Waals surface area contributed by atoms with E-state index >= 15 is 0 Å². The van der Waals surface area contributed by atoms with Crippen LogP contribution in [0.4, 0.5) is 0 Å². The third-order valence-electron chi connectivity index (χ3n) is 1.81. The normalized spacial score (nSPS) is 10.1. The van der Waals surface area contributed by atoms with E-state index in [1.807, 2.05) is 6.92 Å². The van der Waals surface area contributed by atoms with Crippen molar-refractivity contribution in [1.29, 1.82) is 0 Å². The van der Waals surface area contributed by atoms with E-state index < -0.39 is 0 Å². The van der Waals surface area contributed by atoms with Crippen LogP contribution in [0.2, 0.25) is 0 Å². The molecule has 0 radical (unpaired) electrons. The van der Waals surface area contributed by atoms with Crippen molar-refractivity contribution >= 4 is 12.9 Å². The molecule has 6 heteroatoms. The maximum absolute atomic E-state index is 8.87. The van der Waals surface area contributed by atoms with E-state index in [9.17, 15) is 0 Å². The van der Waals surface area contributed by atoms with Gasteiger partial charge in [-0.05, 0) is 12.4 Å². The second-order valence-corrected chi connectivity index (χ2v) is 2.91. The highest BCUT2D eigenvalue weighted by atomic mass is 16.2. The van der Waals surface area contributed by atoms with E-state index in [1.54, 1.807) is 29.3 Å². The molecule has 14 heavy (non-hydrogen) atoms. The maximum Gasteiger partial charge on any atom is 0.307 e. The average Bonchev–Trinajstić information content (AvgIpc) is 2.66. The lowest BCUT2D eigenvalue weighted by molar-refractivity contribution is 0.615. The monoisotopic (exact) mass is 188 g/mol. The van der Waals surface area contributed by atoms with Crippen molar-refractivity contribution in [1.82, 2.24) is 19.7 Å². The van der Waals surface area contributed by atoms with Crippen molar-refractivity contribution in [2.75, 3.05) is 0 Å². The molecule has 0 fully saturated rings. The molecule has 2 aromatic rings. The van der Waals surface area contributed by atoms with Gasteiger partial charge in [0.05, 0.1) is 0 Å². The number of hydrogen-bond acceptors (Lipinski definition) is 4. The van der Waals surface area contributed by atoms with Gasteiger partial charge in [-0.25, -0.2) is 14.6 Å². The van der Waals surface area contributed by atoms with E-state index in [1.165, 1.54) is 0 Å². The molecule has 0 saturated heterocycles. The van der Waals surface area contributed by atoms with Crippen LogP contribution in [0.5, 0.6) is 0 Å². The van der Waals surface area contributed by atoms with Gasteiger partial charge >= 0.3 is 7.48 Å². The van der Waals surface area contributed by atoms with E-state index in [0.29, 0.717) is 11.6 Å². The summed E-state index contributed by atoms with van der Waals surface area (Å²) >= 11 is 0. The SMILES string of the molecule is Cc1nccc(-n2cc(BO)cn2)n1. The Morgan fingerprint density at radius 3 is 3.00 bits per heavy atom. The van der Waals surface area contributed by atoms with Crippen molar-refractivity contribution in [3.05, 3.63) is 30.5 Å². The summed E-state index contributed by atoms with van der Waals surface area (Å²) < 4.78 is 1.61. The van der Waals surface area contributed by atoms with Gasteiger partial charge in [0.25, 0.3) is 0 Å². The molecule has 2 aromatic heterocycles. The number of hydrogen-bond donors (Lipinski definition) is 1. The topological polar surface area (TPSA) is 63.8 Å². The molecule has 70 valence electrons. The van der Waals surface area contributed by atoms with Gasteiger partial charge in [-0.15, -0.1) is 0 Å².